The molecule has 0 bridgehead atoms. The first-order chi connectivity index (χ1) is 10.2. The zero-order chi connectivity index (χ0) is 14.7. The van der Waals surface area contributed by atoms with E-state index in [0.717, 1.165) is 17.9 Å². The minimum Gasteiger partial charge on any atom is -0.309 e. The summed E-state index contributed by atoms with van der Waals surface area (Å²) in [5.74, 6) is 0. The summed E-state index contributed by atoms with van der Waals surface area (Å²) < 4.78 is 3.99. The van der Waals surface area contributed by atoms with Crippen molar-refractivity contribution in [2.24, 2.45) is 0 Å². The highest BCUT2D eigenvalue weighted by Gasteiger charge is 2.17. The highest BCUT2D eigenvalue weighted by Crippen LogP contribution is 2.28. The maximum atomic E-state index is 4.68. The molecule has 0 unspecified atom stereocenters. The van der Waals surface area contributed by atoms with Crippen molar-refractivity contribution in [3.63, 3.8) is 0 Å². The first-order valence-electron chi connectivity index (χ1n) is 7.87. The lowest BCUT2D eigenvalue weighted by Crippen LogP contribution is -2.21. The number of aromatic nitrogens is 5. The van der Waals surface area contributed by atoms with E-state index in [2.05, 4.69) is 51.5 Å². The molecule has 1 aliphatic rings. The molecule has 21 heavy (non-hydrogen) atoms. The summed E-state index contributed by atoms with van der Waals surface area (Å²) in [7, 11) is 0. The first-order valence-corrected chi connectivity index (χ1v) is 7.87. The third-order valence-electron chi connectivity index (χ3n) is 3.96. The summed E-state index contributed by atoms with van der Waals surface area (Å²) in [5.41, 5.74) is 2.02. The molecule has 2 aromatic heterocycles. The fourth-order valence-electron chi connectivity index (χ4n) is 2.81. The number of nitrogens with zero attached hydrogens (tertiary/aromatic N) is 5. The van der Waals surface area contributed by atoms with E-state index in [9.17, 15) is 0 Å². The number of rotatable bonds is 6. The molecule has 0 aromatic carbocycles. The summed E-state index contributed by atoms with van der Waals surface area (Å²) in [4.78, 5) is 0. The Balaban J connectivity index is 1.58. The van der Waals surface area contributed by atoms with Crippen LogP contribution in [0.15, 0.2) is 18.5 Å². The van der Waals surface area contributed by atoms with Crippen LogP contribution in [0.1, 0.15) is 57.0 Å². The Labute approximate surface area is 125 Å². The van der Waals surface area contributed by atoms with Gasteiger partial charge >= 0.3 is 0 Å². The van der Waals surface area contributed by atoms with E-state index in [-0.39, 0.29) is 0 Å². The first kappa shape index (κ1) is 14.3. The predicted octanol–water partition coefficient (Wildman–Crippen LogP) is 2.14. The van der Waals surface area contributed by atoms with Crippen molar-refractivity contribution in [3.05, 3.63) is 29.8 Å². The monoisotopic (exact) mass is 288 g/mol. The van der Waals surface area contributed by atoms with E-state index < -0.39 is 0 Å². The maximum Gasteiger partial charge on any atom is 0.0965 e. The second kappa shape index (κ2) is 6.39. The average Bonchev–Trinajstić information content (AvgIpc) is 3.18. The van der Waals surface area contributed by atoms with Crippen LogP contribution in [-0.2, 0) is 13.1 Å². The average molecular weight is 288 g/mol. The molecule has 1 fully saturated rings. The van der Waals surface area contributed by atoms with E-state index in [0.29, 0.717) is 18.6 Å². The third kappa shape index (κ3) is 3.69. The van der Waals surface area contributed by atoms with Gasteiger partial charge < -0.3 is 5.32 Å². The van der Waals surface area contributed by atoms with Crippen molar-refractivity contribution >= 4 is 0 Å². The summed E-state index contributed by atoms with van der Waals surface area (Å²) in [6.07, 6.45) is 9.27. The molecule has 2 aromatic rings. The Morgan fingerprint density at radius 3 is 2.86 bits per heavy atom. The van der Waals surface area contributed by atoms with E-state index in [1.807, 2.05) is 10.9 Å². The van der Waals surface area contributed by atoms with E-state index in [1.54, 1.807) is 0 Å². The van der Waals surface area contributed by atoms with E-state index in [1.165, 1.54) is 25.7 Å². The van der Waals surface area contributed by atoms with Crippen LogP contribution in [-0.4, -0.2) is 30.8 Å². The second-order valence-corrected chi connectivity index (χ2v) is 6.17. The van der Waals surface area contributed by atoms with Gasteiger partial charge in [0.25, 0.3) is 0 Å². The molecule has 6 heteroatoms. The quantitative estimate of drug-likeness (QED) is 0.884. The molecule has 0 radical (unpaired) electrons. The maximum absolute atomic E-state index is 4.68. The Hall–Kier alpha value is -1.69. The predicted molar refractivity (Wildman–Crippen MR) is 80.8 cm³/mol. The molecule has 114 valence electrons. The molecule has 3 rings (SSSR count). The summed E-state index contributed by atoms with van der Waals surface area (Å²) in [6, 6.07) is 3.14. The highest BCUT2D eigenvalue weighted by molar-refractivity contribution is 5.02. The van der Waals surface area contributed by atoms with E-state index >= 15 is 0 Å². The van der Waals surface area contributed by atoms with Gasteiger partial charge in [-0.25, -0.2) is 4.68 Å². The van der Waals surface area contributed by atoms with Crippen molar-refractivity contribution in [1.29, 1.82) is 0 Å². The van der Waals surface area contributed by atoms with Gasteiger partial charge in [0.1, 0.15) is 0 Å². The molecular formula is C15H24N6. The van der Waals surface area contributed by atoms with Crippen molar-refractivity contribution in [3.8, 4) is 0 Å². The third-order valence-corrected chi connectivity index (χ3v) is 3.96. The Morgan fingerprint density at radius 1 is 1.29 bits per heavy atom. The van der Waals surface area contributed by atoms with Crippen LogP contribution in [0.3, 0.4) is 0 Å². The molecule has 0 spiro atoms. The molecule has 0 aliphatic heterocycles. The molecule has 1 N–H and O–H groups in total. The van der Waals surface area contributed by atoms with Crippen molar-refractivity contribution in [2.45, 2.75) is 64.7 Å². The van der Waals surface area contributed by atoms with Crippen LogP contribution in [0.4, 0.5) is 0 Å². The van der Waals surface area contributed by atoms with Crippen LogP contribution in [0, 0.1) is 0 Å². The van der Waals surface area contributed by atoms with Crippen LogP contribution in [0.5, 0.6) is 0 Å². The van der Waals surface area contributed by atoms with Crippen LogP contribution >= 0.6 is 0 Å². The minimum absolute atomic E-state index is 0.456. The number of hydrogen-bond acceptors (Lipinski definition) is 4. The van der Waals surface area contributed by atoms with Crippen LogP contribution in [0.2, 0.25) is 0 Å². The number of nitrogens with one attached hydrogen (secondary N) is 1. The van der Waals surface area contributed by atoms with Gasteiger partial charge in [-0.15, -0.1) is 5.10 Å². The smallest absolute Gasteiger partial charge is 0.0965 e. The van der Waals surface area contributed by atoms with Gasteiger partial charge in [-0.3, -0.25) is 4.68 Å². The lowest BCUT2D eigenvalue weighted by molar-refractivity contribution is 0.460. The van der Waals surface area contributed by atoms with Crippen molar-refractivity contribution in [1.82, 2.24) is 30.1 Å². The van der Waals surface area contributed by atoms with Crippen LogP contribution < -0.4 is 5.32 Å². The minimum atomic E-state index is 0.456. The Bertz CT molecular complexity index is 564. The number of hydrogen-bond donors (Lipinski definition) is 1. The van der Waals surface area contributed by atoms with E-state index in [4.69, 9.17) is 0 Å². The molecule has 1 aliphatic carbocycles. The molecule has 0 saturated heterocycles. The summed E-state index contributed by atoms with van der Waals surface area (Å²) in [5, 5.41) is 16.4. The molecule has 6 nitrogen and oxygen atoms in total. The van der Waals surface area contributed by atoms with Crippen molar-refractivity contribution in [2.75, 3.05) is 0 Å². The molecular weight excluding hydrogens is 264 g/mol. The Kier molecular flexibility index (Phi) is 4.34. The van der Waals surface area contributed by atoms with Crippen molar-refractivity contribution < 1.29 is 0 Å². The fraction of sp³-hybridized carbons (Fsp3) is 0.667. The SMILES string of the molecule is CC(C)NCc1cn(Cc2ccn(C3CCCC3)n2)nn1. The summed E-state index contributed by atoms with van der Waals surface area (Å²) >= 11 is 0. The van der Waals surface area contributed by atoms with Crippen LogP contribution in [0.25, 0.3) is 0 Å². The van der Waals surface area contributed by atoms with Gasteiger partial charge in [-0.2, -0.15) is 5.10 Å². The molecule has 1 saturated carbocycles. The second-order valence-electron chi connectivity index (χ2n) is 6.17. The summed E-state index contributed by atoms with van der Waals surface area (Å²) in [6.45, 7) is 5.70. The van der Waals surface area contributed by atoms with Gasteiger partial charge in [0.2, 0.25) is 0 Å². The normalized spacial score (nSPS) is 16.1. The molecule has 0 amide bonds. The van der Waals surface area contributed by atoms with Gasteiger partial charge in [-0.05, 0) is 18.9 Å². The zero-order valence-corrected chi connectivity index (χ0v) is 12.9. The topological polar surface area (TPSA) is 60.6 Å². The van der Waals surface area contributed by atoms with Gasteiger partial charge in [0, 0.05) is 18.8 Å². The largest absolute Gasteiger partial charge is 0.309 e. The lowest BCUT2D eigenvalue weighted by Gasteiger charge is -2.08. The lowest BCUT2D eigenvalue weighted by atomic mass is 10.3. The standard InChI is InChI=1S/C15H24N6/c1-12(2)16-9-14-11-20(19-17-14)10-13-7-8-21(18-13)15-5-3-4-6-15/h7-8,11-12,15-16H,3-6,9-10H2,1-2H3. The molecule has 2 heterocycles. The highest BCUT2D eigenvalue weighted by atomic mass is 15.4. The van der Waals surface area contributed by atoms with Gasteiger partial charge in [0.15, 0.2) is 0 Å². The molecule has 0 atom stereocenters. The fourth-order valence-corrected chi connectivity index (χ4v) is 2.81. The van der Waals surface area contributed by atoms with Gasteiger partial charge in [-0.1, -0.05) is 31.9 Å². The Morgan fingerprint density at radius 2 is 2.10 bits per heavy atom. The zero-order valence-electron chi connectivity index (χ0n) is 12.9. The van der Waals surface area contributed by atoms with Gasteiger partial charge in [0.05, 0.1) is 30.2 Å².